The van der Waals surface area contributed by atoms with E-state index in [4.69, 9.17) is 4.74 Å². The summed E-state index contributed by atoms with van der Waals surface area (Å²) in [6.45, 7) is 2.20. The van der Waals surface area contributed by atoms with Crippen molar-refractivity contribution in [2.24, 2.45) is 0 Å². The van der Waals surface area contributed by atoms with E-state index in [0.717, 1.165) is 5.65 Å². The second kappa shape index (κ2) is 4.48. The van der Waals surface area contributed by atoms with Crippen LogP contribution in [0.2, 0.25) is 0 Å². The third kappa shape index (κ3) is 1.70. The van der Waals surface area contributed by atoms with Gasteiger partial charge in [-0.05, 0) is 19.8 Å². The van der Waals surface area contributed by atoms with Gasteiger partial charge in [-0.25, -0.2) is 9.31 Å². The maximum absolute atomic E-state index is 11.9. The number of imidazole rings is 1. The zero-order chi connectivity index (χ0) is 12.5. The third-order valence-corrected chi connectivity index (χ3v) is 3.60. The van der Waals surface area contributed by atoms with Crippen LogP contribution in [0.1, 0.15) is 49.0 Å². The van der Waals surface area contributed by atoms with E-state index in [1.807, 2.05) is 19.3 Å². The molecule has 1 saturated carbocycles. The number of aromatic nitrogens is 3. The lowest BCUT2D eigenvalue weighted by molar-refractivity contribution is 0.0528. The Morgan fingerprint density at radius 1 is 1.44 bits per heavy atom. The Kier molecular flexibility index (Phi) is 2.81. The second-order valence-corrected chi connectivity index (χ2v) is 4.69. The summed E-state index contributed by atoms with van der Waals surface area (Å²) in [5, 5.41) is 4.21. The summed E-state index contributed by atoms with van der Waals surface area (Å²) in [6.07, 6.45) is 10.4. The highest BCUT2D eigenvalue weighted by atomic mass is 16.5. The fraction of sp³-hybridized carbons (Fsp3) is 0.538. The minimum absolute atomic E-state index is 0.287. The monoisotopic (exact) mass is 247 g/mol. The van der Waals surface area contributed by atoms with Crippen LogP contribution in [0.4, 0.5) is 0 Å². The van der Waals surface area contributed by atoms with Crippen molar-refractivity contribution >= 4 is 11.6 Å². The molecular weight excluding hydrogens is 230 g/mol. The summed E-state index contributed by atoms with van der Waals surface area (Å²) in [4.78, 5) is 11.9. The highest BCUT2D eigenvalue weighted by Crippen LogP contribution is 2.31. The van der Waals surface area contributed by atoms with Gasteiger partial charge >= 0.3 is 5.97 Å². The number of hydrogen-bond acceptors (Lipinski definition) is 3. The molecule has 2 aromatic rings. The standard InChI is InChI=1S/C13H17N3O2/c1-2-18-13(17)11-9-14-16-8-7-15(12(11)16)10-5-3-4-6-10/h7-10H,2-6H2,1H3. The highest BCUT2D eigenvalue weighted by Gasteiger charge is 2.23. The van der Waals surface area contributed by atoms with Gasteiger partial charge in [0, 0.05) is 18.4 Å². The number of carbonyl (C=O) groups is 1. The van der Waals surface area contributed by atoms with Crippen LogP contribution in [0, 0.1) is 0 Å². The number of esters is 1. The van der Waals surface area contributed by atoms with E-state index in [1.165, 1.54) is 25.7 Å². The Bertz CT molecular complexity index is 564. The normalized spacial score (nSPS) is 16.5. The molecule has 1 fully saturated rings. The summed E-state index contributed by atoms with van der Waals surface area (Å²) in [6, 6.07) is 0.493. The molecule has 96 valence electrons. The summed E-state index contributed by atoms with van der Waals surface area (Å²) < 4.78 is 9.00. The maximum Gasteiger partial charge on any atom is 0.343 e. The van der Waals surface area contributed by atoms with Gasteiger partial charge in [0.15, 0.2) is 5.65 Å². The van der Waals surface area contributed by atoms with Gasteiger partial charge in [-0.1, -0.05) is 12.8 Å². The van der Waals surface area contributed by atoms with Crippen LogP contribution in [0.25, 0.3) is 5.65 Å². The second-order valence-electron chi connectivity index (χ2n) is 4.69. The number of ether oxygens (including phenoxy) is 1. The van der Waals surface area contributed by atoms with Gasteiger partial charge in [-0.3, -0.25) is 0 Å². The van der Waals surface area contributed by atoms with Crippen LogP contribution < -0.4 is 0 Å². The molecule has 0 saturated heterocycles. The van der Waals surface area contributed by atoms with Crippen molar-refractivity contribution in [2.75, 3.05) is 6.61 Å². The SMILES string of the molecule is CCOC(=O)c1cnn2ccn(C3CCCC3)c12. The number of rotatable bonds is 3. The first-order valence-corrected chi connectivity index (χ1v) is 6.52. The van der Waals surface area contributed by atoms with Crippen LogP contribution in [0.5, 0.6) is 0 Å². The van der Waals surface area contributed by atoms with Crippen LogP contribution in [-0.4, -0.2) is 26.8 Å². The van der Waals surface area contributed by atoms with Crippen molar-refractivity contribution in [1.82, 2.24) is 14.2 Å². The summed E-state index contributed by atoms with van der Waals surface area (Å²) in [5.41, 5.74) is 1.43. The fourth-order valence-electron chi connectivity index (χ4n) is 2.76. The molecule has 5 heteroatoms. The van der Waals surface area contributed by atoms with Crippen LogP contribution >= 0.6 is 0 Å². The fourth-order valence-corrected chi connectivity index (χ4v) is 2.76. The molecule has 0 unspecified atom stereocenters. The Morgan fingerprint density at radius 2 is 2.22 bits per heavy atom. The van der Waals surface area contributed by atoms with E-state index in [1.54, 1.807) is 10.7 Å². The molecule has 5 nitrogen and oxygen atoms in total. The molecule has 1 aliphatic rings. The lowest BCUT2D eigenvalue weighted by atomic mass is 10.2. The van der Waals surface area contributed by atoms with Gasteiger partial charge in [0.2, 0.25) is 0 Å². The quantitative estimate of drug-likeness (QED) is 0.783. The molecule has 0 aromatic carbocycles. The van der Waals surface area contributed by atoms with Gasteiger partial charge in [-0.2, -0.15) is 5.10 Å². The van der Waals surface area contributed by atoms with Gasteiger partial charge in [0.25, 0.3) is 0 Å². The lowest BCUT2D eigenvalue weighted by Crippen LogP contribution is -2.09. The molecule has 2 heterocycles. The van der Waals surface area contributed by atoms with Gasteiger partial charge in [-0.15, -0.1) is 0 Å². The van der Waals surface area contributed by atoms with E-state index >= 15 is 0 Å². The molecule has 0 bridgehead atoms. The minimum Gasteiger partial charge on any atom is -0.462 e. The zero-order valence-corrected chi connectivity index (χ0v) is 10.5. The lowest BCUT2D eigenvalue weighted by Gasteiger charge is -2.12. The van der Waals surface area contributed by atoms with Gasteiger partial charge in [0.05, 0.1) is 12.8 Å². The molecule has 0 amide bonds. The van der Waals surface area contributed by atoms with Crippen molar-refractivity contribution in [3.05, 3.63) is 24.2 Å². The first-order valence-electron chi connectivity index (χ1n) is 6.52. The van der Waals surface area contributed by atoms with E-state index in [9.17, 15) is 4.79 Å². The van der Waals surface area contributed by atoms with E-state index in [-0.39, 0.29) is 5.97 Å². The predicted molar refractivity (Wildman–Crippen MR) is 66.6 cm³/mol. The van der Waals surface area contributed by atoms with Gasteiger partial charge in [0.1, 0.15) is 5.56 Å². The van der Waals surface area contributed by atoms with Crippen LogP contribution in [-0.2, 0) is 4.74 Å². The molecular formula is C13H17N3O2. The molecule has 3 rings (SSSR count). The number of hydrogen-bond donors (Lipinski definition) is 0. The molecule has 0 atom stereocenters. The van der Waals surface area contributed by atoms with Crippen molar-refractivity contribution in [3.8, 4) is 0 Å². The van der Waals surface area contributed by atoms with Crippen LogP contribution in [0.3, 0.4) is 0 Å². The molecule has 0 spiro atoms. The van der Waals surface area contributed by atoms with Crippen molar-refractivity contribution < 1.29 is 9.53 Å². The van der Waals surface area contributed by atoms with Crippen molar-refractivity contribution in [2.45, 2.75) is 38.6 Å². The Labute approximate surface area is 105 Å². The van der Waals surface area contributed by atoms with Crippen LogP contribution in [0.15, 0.2) is 18.6 Å². The summed E-state index contributed by atoms with van der Waals surface area (Å²) >= 11 is 0. The Balaban J connectivity index is 2.04. The summed E-state index contributed by atoms with van der Waals surface area (Å²) in [7, 11) is 0. The van der Waals surface area contributed by atoms with Gasteiger partial charge < -0.3 is 9.30 Å². The molecule has 0 aliphatic heterocycles. The molecule has 1 aliphatic carbocycles. The summed E-state index contributed by atoms with van der Waals surface area (Å²) in [5.74, 6) is -0.287. The topological polar surface area (TPSA) is 48.5 Å². The Hall–Kier alpha value is -1.78. The maximum atomic E-state index is 11.9. The average molecular weight is 247 g/mol. The van der Waals surface area contributed by atoms with E-state index in [2.05, 4.69) is 9.67 Å². The minimum atomic E-state index is -0.287. The number of carbonyl (C=O) groups excluding carboxylic acids is 1. The molecule has 18 heavy (non-hydrogen) atoms. The number of nitrogens with zero attached hydrogens (tertiary/aromatic N) is 3. The molecule has 0 radical (unpaired) electrons. The molecule has 2 aromatic heterocycles. The zero-order valence-electron chi connectivity index (χ0n) is 10.5. The van der Waals surface area contributed by atoms with E-state index in [0.29, 0.717) is 18.2 Å². The number of fused-ring (bicyclic) bond motifs is 1. The largest absolute Gasteiger partial charge is 0.462 e. The third-order valence-electron chi connectivity index (χ3n) is 3.60. The van der Waals surface area contributed by atoms with E-state index < -0.39 is 0 Å². The Morgan fingerprint density at radius 3 is 2.94 bits per heavy atom. The average Bonchev–Trinajstić information content (AvgIpc) is 3.05. The molecule has 0 N–H and O–H groups in total. The first-order chi connectivity index (χ1) is 8.81. The van der Waals surface area contributed by atoms with Crippen molar-refractivity contribution in [1.29, 1.82) is 0 Å². The first kappa shape index (κ1) is 11.3. The van der Waals surface area contributed by atoms with Crippen molar-refractivity contribution in [3.63, 3.8) is 0 Å². The smallest absolute Gasteiger partial charge is 0.343 e. The predicted octanol–water partition coefficient (Wildman–Crippen LogP) is 2.43. The highest BCUT2D eigenvalue weighted by molar-refractivity contribution is 5.95.